The summed E-state index contributed by atoms with van der Waals surface area (Å²) in [5.74, 6) is 0.0494. The average molecular weight is 337 g/mol. The zero-order valence-electron chi connectivity index (χ0n) is 12.9. The van der Waals surface area contributed by atoms with E-state index in [1.807, 2.05) is 37.3 Å². The number of nitrogens with zero attached hydrogens (tertiary/aromatic N) is 1. The van der Waals surface area contributed by atoms with Crippen LogP contribution in [0.2, 0.25) is 5.02 Å². The second-order valence-corrected chi connectivity index (χ2v) is 6.63. The van der Waals surface area contributed by atoms with Crippen molar-refractivity contribution >= 4 is 28.8 Å². The summed E-state index contributed by atoms with van der Waals surface area (Å²) >= 11 is 7.58. The van der Waals surface area contributed by atoms with Crippen molar-refractivity contribution < 1.29 is 4.79 Å². The number of hydrogen-bond donors (Lipinski definition) is 1. The van der Waals surface area contributed by atoms with Gasteiger partial charge in [0.15, 0.2) is 0 Å². The van der Waals surface area contributed by atoms with Crippen LogP contribution in [0.1, 0.15) is 24.3 Å². The largest absolute Gasteiger partial charge is 0.351 e. The molecule has 118 valence electrons. The monoisotopic (exact) mass is 336 g/mol. The predicted molar refractivity (Wildman–Crippen MR) is 93.2 cm³/mol. The fourth-order valence-electron chi connectivity index (χ4n) is 2.23. The van der Waals surface area contributed by atoms with Crippen LogP contribution >= 0.6 is 22.9 Å². The topological polar surface area (TPSA) is 32.3 Å². The molecule has 1 N–H and O–H groups in total. The molecule has 0 radical (unpaired) electrons. The molecule has 0 spiro atoms. The van der Waals surface area contributed by atoms with E-state index >= 15 is 0 Å². The number of nitrogens with one attached hydrogen (secondary N) is 1. The molecule has 0 aliphatic heterocycles. The van der Waals surface area contributed by atoms with Crippen molar-refractivity contribution in [2.45, 2.75) is 33.0 Å². The van der Waals surface area contributed by atoms with E-state index in [4.69, 9.17) is 11.6 Å². The van der Waals surface area contributed by atoms with Gasteiger partial charge in [0.25, 0.3) is 0 Å². The number of benzene rings is 1. The molecule has 1 heterocycles. The van der Waals surface area contributed by atoms with Gasteiger partial charge in [-0.05, 0) is 42.6 Å². The zero-order chi connectivity index (χ0) is 15.9. The Morgan fingerprint density at radius 2 is 2.05 bits per heavy atom. The molecular formula is C17H21ClN2OS. The van der Waals surface area contributed by atoms with E-state index in [2.05, 4.69) is 28.6 Å². The van der Waals surface area contributed by atoms with Crippen molar-refractivity contribution in [2.24, 2.45) is 0 Å². The first kappa shape index (κ1) is 17.0. The van der Waals surface area contributed by atoms with Crippen molar-refractivity contribution in [1.29, 1.82) is 0 Å². The number of carbonyl (C=O) groups excluding carboxylic acids is 1. The van der Waals surface area contributed by atoms with Gasteiger partial charge >= 0.3 is 0 Å². The molecule has 0 saturated carbocycles. The van der Waals surface area contributed by atoms with Crippen LogP contribution in [-0.4, -0.2) is 23.4 Å². The van der Waals surface area contributed by atoms with E-state index in [0.29, 0.717) is 11.6 Å². The summed E-state index contributed by atoms with van der Waals surface area (Å²) in [6.45, 7) is 6.21. The van der Waals surface area contributed by atoms with E-state index in [9.17, 15) is 4.79 Å². The highest BCUT2D eigenvalue weighted by atomic mass is 35.5. The van der Waals surface area contributed by atoms with Gasteiger partial charge in [-0.1, -0.05) is 36.7 Å². The van der Waals surface area contributed by atoms with Gasteiger partial charge in [-0.3, -0.25) is 9.69 Å². The molecule has 2 aromatic rings. The number of thiophene rings is 1. The molecule has 0 fully saturated rings. The molecule has 0 aliphatic carbocycles. The van der Waals surface area contributed by atoms with Crippen molar-refractivity contribution in [3.8, 4) is 0 Å². The summed E-state index contributed by atoms with van der Waals surface area (Å²) < 4.78 is 0. The molecule has 1 amide bonds. The third kappa shape index (κ3) is 4.83. The Morgan fingerprint density at radius 3 is 2.64 bits per heavy atom. The Morgan fingerprint density at radius 1 is 1.32 bits per heavy atom. The highest BCUT2D eigenvalue weighted by Crippen LogP contribution is 2.14. The summed E-state index contributed by atoms with van der Waals surface area (Å²) in [7, 11) is 0. The van der Waals surface area contributed by atoms with Gasteiger partial charge < -0.3 is 5.32 Å². The second kappa shape index (κ2) is 8.32. The molecule has 1 aromatic carbocycles. The van der Waals surface area contributed by atoms with E-state index in [-0.39, 0.29) is 11.9 Å². The van der Waals surface area contributed by atoms with E-state index in [0.717, 1.165) is 18.7 Å². The average Bonchev–Trinajstić information content (AvgIpc) is 3.04. The number of likely N-dealkylation sites (N-methyl/N-ethyl adjacent to an activating group) is 1. The van der Waals surface area contributed by atoms with Gasteiger partial charge in [0.05, 0.1) is 6.04 Å². The van der Waals surface area contributed by atoms with E-state index < -0.39 is 0 Å². The third-order valence-electron chi connectivity index (χ3n) is 3.65. The van der Waals surface area contributed by atoms with Gasteiger partial charge in [0.2, 0.25) is 5.91 Å². The molecule has 2 rings (SSSR count). The minimum Gasteiger partial charge on any atom is -0.351 e. The molecular weight excluding hydrogens is 316 g/mol. The number of halogens is 1. The third-order valence-corrected chi connectivity index (χ3v) is 4.77. The zero-order valence-corrected chi connectivity index (χ0v) is 14.5. The summed E-state index contributed by atoms with van der Waals surface area (Å²) in [6, 6.07) is 11.5. The Kier molecular flexibility index (Phi) is 6.43. The quantitative estimate of drug-likeness (QED) is 0.831. The van der Waals surface area contributed by atoms with Crippen molar-refractivity contribution in [1.82, 2.24) is 10.2 Å². The number of carbonyl (C=O) groups is 1. The Hall–Kier alpha value is -1.36. The van der Waals surface area contributed by atoms with Gasteiger partial charge in [-0.25, -0.2) is 0 Å². The van der Waals surface area contributed by atoms with Crippen LogP contribution < -0.4 is 5.32 Å². The SMILES string of the molecule is CCN(Cc1cccs1)C(C)C(=O)NCc1ccc(Cl)cc1. The molecule has 0 aliphatic rings. The fraction of sp³-hybridized carbons (Fsp3) is 0.353. The predicted octanol–water partition coefficient (Wildman–Crippen LogP) is 3.93. The molecule has 1 aromatic heterocycles. The molecule has 1 atom stereocenters. The molecule has 3 nitrogen and oxygen atoms in total. The maximum absolute atomic E-state index is 12.3. The minimum atomic E-state index is -0.153. The lowest BCUT2D eigenvalue weighted by Gasteiger charge is -2.26. The van der Waals surface area contributed by atoms with Crippen molar-refractivity contribution in [3.05, 3.63) is 57.2 Å². The fourth-order valence-corrected chi connectivity index (χ4v) is 3.09. The first-order valence-corrected chi connectivity index (χ1v) is 8.64. The standard InChI is InChI=1S/C17H21ClN2OS/c1-3-20(12-16-5-4-10-22-16)13(2)17(21)19-11-14-6-8-15(18)9-7-14/h4-10,13H,3,11-12H2,1-2H3,(H,19,21). The molecule has 0 saturated heterocycles. The maximum atomic E-state index is 12.3. The summed E-state index contributed by atoms with van der Waals surface area (Å²) in [6.07, 6.45) is 0. The first-order chi connectivity index (χ1) is 10.6. The van der Waals surface area contributed by atoms with Gasteiger partial charge in [0.1, 0.15) is 0 Å². The maximum Gasteiger partial charge on any atom is 0.237 e. The summed E-state index contributed by atoms with van der Waals surface area (Å²) in [4.78, 5) is 15.8. The highest BCUT2D eigenvalue weighted by molar-refractivity contribution is 7.09. The molecule has 22 heavy (non-hydrogen) atoms. The van der Waals surface area contributed by atoms with Crippen LogP contribution in [-0.2, 0) is 17.9 Å². The lowest BCUT2D eigenvalue weighted by atomic mass is 10.2. The first-order valence-electron chi connectivity index (χ1n) is 7.38. The second-order valence-electron chi connectivity index (χ2n) is 5.16. The van der Waals surface area contributed by atoms with E-state index in [1.165, 1.54) is 4.88 Å². The summed E-state index contributed by atoms with van der Waals surface area (Å²) in [5.41, 5.74) is 1.05. The van der Waals surface area contributed by atoms with Gasteiger partial charge in [0, 0.05) is 23.0 Å². The Bertz CT molecular complexity index is 583. The number of hydrogen-bond acceptors (Lipinski definition) is 3. The summed E-state index contributed by atoms with van der Waals surface area (Å²) in [5, 5.41) is 5.76. The number of rotatable bonds is 7. The number of amides is 1. The van der Waals surface area contributed by atoms with Crippen molar-refractivity contribution in [2.75, 3.05) is 6.54 Å². The van der Waals surface area contributed by atoms with Gasteiger partial charge in [-0.15, -0.1) is 11.3 Å². The lowest BCUT2D eigenvalue weighted by Crippen LogP contribution is -2.44. The highest BCUT2D eigenvalue weighted by Gasteiger charge is 2.20. The van der Waals surface area contributed by atoms with Crippen molar-refractivity contribution in [3.63, 3.8) is 0 Å². The normalized spacial score (nSPS) is 12.4. The Balaban J connectivity index is 1.88. The molecule has 0 bridgehead atoms. The van der Waals surface area contributed by atoms with E-state index in [1.54, 1.807) is 11.3 Å². The molecule has 5 heteroatoms. The van der Waals surface area contributed by atoms with Crippen LogP contribution in [0.5, 0.6) is 0 Å². The van der Waals surface area contributed by atoms with Crippen LogP contribution in [0.25, 0.3) is 0 Å². The van der Waals surface area contributed by atoms with Crippen LogP contribution in [0.4, 0.5) is 0 Å². The van der Waals surface area contributed by atoms with Crippen LogP contribution in [0.3, 0.4) is 0 Å². The van der Waals surface area contributed by atoms with Crippen LogP contribution in [0.15, 0.2) is 41.8 Å². The van der Waals surface area contributed by atoms with Gasteiger partial charge in [-0.2, -0.15) is 0 Å². The minimum absolute atomic E-state index is 0.0494. The smallest absolute Gasteiger partial charge is 0.237 e. The van der Waals surface area contributed by atoms with Crippen LogP contribution in [0, 0.1) is 0 Å². The lowest BCUT2D eigenvalue weighted by molar-refractivity contribution is -0.126. The Labute approximate surface area is 140 Å². The molecule has 1 unspecified atom stereocenters.